The number of likely N-dealkylation sites (tertiary alicyclic amines) is 1. The molecule has 2 aliphatic heterocycles. The first kappa shape index (κ1) is 67.8. The summed E-state index contributed by atoms with van der Waals surface area (Å²) in [5.41, 5.74) is 1.22. The van der Waals surface area contributed by atoms with Crippen LogP contribution in [0.2, 0.25) is 0 Å². The van der Waals surface area contributed by atoms with E-state index in [4.69, 9.17) is 50.1 Å². The lowest BCUT2D eigenvalue weighted by Gasteiger charge is -2.41. The highest BCUT2D eigenvalue weighted by atomic mass is 32.1. The number of likely N-dealkylation sites (N-methyl/N-ethyl adjacent to an activating group) is 2. The fourth-order valence-electron chi connectivity index (χ4n) is 9.84. The molecule has 3 rings (SSSR count). The minimum atomic E-state index is -0.921. The monoisotopic (exact) mass is 1120 g/mol. The molecule has 6 amide bonds. The zero-order valence-corrected chi connectivity index (χ0v) is 49.4. The lowest BCUT2D eigenvalue weighted by Crippen LogP contribution is -2.60. The molecule has 0 radical (unpaired) electrons. The maximum atomic E-state index is 14.6. The van der Waals surface area contributed by atoms with Gasteiger partial charge in [0.15, 0.2) is 0 Å². The van der Waals surface area contributed by atoms with Crippen molar-refractivity contribution >= 4 is 52.6 Å². The lowest BCUT2D eigenvalue weighted by atomic mass is 9.89. The summed E-state index contributed by atoms with van der Waals surface area (Å²) in [6, 6.07) is 7.76. The summed E-state index contributed by atoms with van der Waals surface area (Å²) in [4.78, 5) is 86.4. The van der Waals surface area contributed by atoms with E-state index in [0.717, 1.165) is 24.2 Å². The molecule has 2 heterocycles. The molecule has 0 unspecified atom stereocenters. The molecule has 1 fully saturated rings. The van der Waals surface area contributed by atoms with Crippen molar-refractivity contribution in [3.63, 3.8) is 0 Å². The number of imide groups is 1. The number of hydrogen-bond donors (Lipinski definition) is 2. The van der Waals surface area contributed by atoms with E-state index in [0.29, 0.717) is 84.0 Å². The highest BCUT2D eigenvalue weighted by Crippen LogP contribution is 2.30. The number of carbonyl (C=O) groups excluding carboxylic acids is 6. The first-order chi connectivity index (χ1) is 37.4. The number of methoxy groups -OCH3 is 2. The molecule has 78 heavy (non-hydrogen) atoms. The minimum absolute atomic E-state index is 0.0460. The summed E-state index contributed by atoms with van der Waals surface area (Å²) >= 11 is 5.85. The largest absolute Gasteiger partial charge is 0.379 e. The Hall–Kier alpha value is -4.45. The third-order valence-corrected chi connectivity index (χ3v) is 15.0. The molecule has 2 N–H and O–H groups in total. The van der Waals surface area contributed by atoms with Crippen molar-refractivity contribution < 1.29 is 66.7 Å². The highest BCUT2D eigenvalue weighted by molar-refractivity contribution is 7.80. The molecule has 20 nitrogen and oxygen atoms in total. The molecule has 1 saturated heterocycles. The Morgan fingerprint density at radius 3 is 1.77 bits per heavy atom. The number of thiocarbonyl (C=S) groups is 1. The molecule has 1 aromatic rings. The molecule has 8 atom stereocenters. The van der Waals surface area contributed by atoms with Crippen molar-refractivity contribution in [2.45, 2.75) is 123 Å². The van der Waals surface area contributed by atoms with Gasteiger partial charge in [0, 0.05) is 59.5 Å². The van der Waals surface area contributed by atoms with Crippen molar-refractivity contribution in [2.75, 3.05) is 127 Å². The molecular weight excluding hydrogens is 1020 g/mol. The van der Waals surface area contributed by atoms with E-state index in [2.05, 4.69) is 22.8 Å². The van der Waals surface area contributed by atoms with E-state index in [-0.39, 0.29) is 105 Å². The van der Waals surface area contributed by atoms with Gasteiger partial charge in [0.05, 0.1) is 128 Å². The number of benzene rings is 1. The Kier molecular flexibility index (Phi) is 32.6. The van der Waals surface area contributed by atoms with E-state index < -0.39 is 30.1 Å². The zero-order valence-electron chi connectivity index (χ0n) is 48.6. The highest BCUT2D eigenvalue weighted by Gasteiger charge is 2.43. The molecule has 0 spiro atoms. The van der Waals surface area contributed by atoms with E-state index in [1.807, 2.05) is 71.6 Å². The molecule has 0 bridgehead atoms. The van der Waals surface area contributed by atoms with Gasteiger partial charge in [-0.05, 0) is 42.6 Å². The van der Waals surface area contributed by atoms with Gasteiger partial charge in [-0.15, -0.1) is 0 Å². The van der Waals surface area contributed by atoms with Crippen molar-refractivity contribution in [2.24, 2.45) is 23.7 Å². The molecule has 1 aromatic carbocycles. The van der Waals surface area contributed by atoms with E-state index in [9.17, 15) is 28.8 Å². The van der Waals surface area contributed by atoms with Crippen LogP contribution in [0.4, 0.5) is 0 Å². The van der Waals surface area contributed by atoms with Gasteiger partial charge in [0.25, 0.3) is 11.8 Å². The Morgan fingerprint density at radius 2 is 1.27 bits per heavy atom. The summed E-state index contributed by atoms with van der Waals surface area (Å²) in [7, 11) is 6.55. The van der Waals surface area contributed by atoms with E-state index in [1.54, 1.807) is 33.2 Å². The van der Waals surface area contributed by atoms with Crippen LogP contribution in [0, 0.1) is 23.7 Å². The van der Waals surface area contributed by atoms with Crippen molar-refractivity contribution in [3.05, 3.63) is 48.0 Å². The average molecular weight is 1120 g/mol. The first-order valence-corrected chi connectivity index (χ1v) is 28.3. The van der Waals surface area contributed by atoms with Gasteiger partial charge < -0.3 is 63.2 Å². The van der Waals surface area contributed by atoms with Crippen molar-refractivity contribution in [1.82, 2.24) is 30.2 Å². The number of carbonyl (C=O) groups is 6. The first-order valence-electron chi connectivity index (χ1n) is 27.9. The van der Waals surface area contributed by atoms with Crippen molar-refractivity contribution in [3.8, 4) is 0 Å². The summed E-state index contributed by atoms with van der Waals surface area (Å²) in [5.74, 6) is -2.55. The Bertz CT molecular complexity index is 1980. The molecule has 0 saturated carbocycles. The quantitative estimate of drug-likeness (QED) is 0.0537. The maximum absolute atomic E-state index is 14.6. The van der Waals surface area contributed by atoms with Gasteiger partial charge in [-0.25, -0.2) is 0 Å². The average Bonchev–Trinajstić information content (AvgIpc) is 4.05. The van der Waals surface area contributed by atoms with Crippen LogP contribution in [0.3, 0.4) is 0 Å². The fourth-order valence-corrected chi connectivity index (χ4v) is 10.1. The minimum Gasteiger partial charge on any atom is -0.379 e. The van der Waals surface area contributed by atoms with Gasteiger partial charge in [-0.2, -0.15) is 0 Å². The second-order valence-corrected chi connectivity index (χ2v) is 21.1. The van der Waals surface area contributed by atoms with E-state index >= 15 is 0 Å². The molecule has 0 aromatic heterocycles. The van der Waals surface area contributed by atoms with E-state index in [1.165, 1.54) is 22.6 Å². The number of nitrogens with one attached hydrogen (secondary N) is 2. The number of nitrogens with zero attached hydrogens (tertiary/aromatic N) is 4. The van der Waals surface area contributed by atoms with Crippen LogP contribution in [0.15, 0.2) is 42.5 Å². The van der Waals surface area contributed by atoms with Gasteiger partial charge >= 0.3 is 0 Å². The van der Waals surface area contributed by atoms with Crippen LogP contribution in [-0.2, 0) is 73.1 Å². The summed E-state index contributed by atoms with van der Waals surface area (Å²) in [5, 5.41) is 6.43. The number of amides is 6. The third-order valence-electron chi connectivity index (χ3n) is 14.4. The second-order valence-electron chi connectivity index (χ2n) is 20.6. The Labute approximate surface area is 470 Å². The number of ether oxygens (including phenoxy) is 8. The topological polar surface area (TPSA) is 213 Å². The standard InChI is InChI=1S/C57H94N6O14S/c1-12-42(6)53(46(70-10)39-50(67)62-25-16-19-45(62)54(71-11)43(7)56(78)58-24-22-44-17-14-13-15-18-44)61(9)57(69)51(40(2)3)59-55(68)52(41(4)5)60(8)47(64)23-27-72-29-31-74-33-35-76-37-38-77-36-34-75-32-30-73-28-26-63-48(65)20-21-49(63)66/h13-15,17-18,20-21,40-43,45-46,51-54H,12,16,19,22-39H2,1-11H3,(H,58,78)(H,59,68)/t42-,43+,45-,46+,51-,52-,53-,54+/m0/s1. The summed E-state index contributed by atoms with van der Waals surface area (Å²) < 4.78 is 45.3. The molecule has 442 valence electrons. The summed E-state index contributed by atoms with van der Waals surface area (Å²) in [6.45, 7) is 19.0. The number of rotatable bonds is 41. The smallest absolute Gasteiger partial charge is 0.253 e. The van der Waals surface area contributed by atoms with Crippen molar-refractivity contribution in [1.29, 1.82) is 0 Å². The Morgan fingerprint density at radius 1 is 0.731 bits per heavy atom. The SMILES string of the molecule is CC[C@H](C)[C@@H]([C@@H](CC(=O)N1CCC[C@H]1[C@H](OC)[C@@H](C)C(=S)NCCc1ccccc1)OC)N(C)C(=O)[C@@H](NC(=O)[C@H](C(C)C)N(C)C(=O)CCOCCOCCOCCOCCOCCOCCN1C(=O)C=CC1=O)C(C)C. The van der Waals surface area contributed by atoms with Crippen LogP contribution < -0.4 is 10.6 Å². The lowest BCUT2D eigenvalue weighted by molar-refractivity contribution is -0.148. The predicted molar refractivity (Wildman–Crippen MR) is 300 cm³/mol. The maximum Gasteiger partial charge on any atom is 0.253 e. The predicted octanol–water partition coefficient (Wildman–Crippen LogP) is 4.10. The van der Waals surface area contributed by atoms with Gasteiger partial charge in [-0.1, -0.05) is 97.4 Å². The van der Waals surface area contributed by atoms with Crippen LogP contribution in [0.1, 0.15) is 86.1 Å². The fraction of sp³-hybridized carbons (Fsp3) is 0.737. The third kappa shape index (κ3) is 22.6. The normalized spacial score (nSPS) is 17.3. The molecule has 2 aliphatic rings. The summed E-state index contributed by atoms with van der Waals surface area (Å²) in [6.07, 6.45) is 4.76. The van der Waals surface area contributed by atoms with Crippen LogP contribution in [0.5, 0.6) is 0 Å². The van der Waals surface area contributed by atoms with Gasteiger partial charge in [0.2, 0.25) is 23.6 Å². The number of hydrogen-bond acceptors (Lipinski definition) is 15. The van der Waals surface area contributed by atoms with Crippen LogP contribution >= 0.6 is 12.2 Å². The Balaban J connectivity index is 1.41. The molecule has 21 heteroatoms. The second kappa shape index (κ2) is 37.5. The van der Waals surface area contributed by atoms with Gasteiger partial charge in [0.1, 0.15) is 12.1 Å². The van der Waals surface area contributed by atoms with Crippen LogP contribution in [0.25, 0.3) is 0 Å². The molecular formula is C57H94N6O14S. The van der Waals surface area contributed by atoms with Crippen LogP contribution in [-0.4, -0.2) is 224 Å². The molecule has 0 aliphatic carbocycles. The zero-order chi connectivity index (χ0) is 57.6. The van der Waals surface area contributed by atoms with Gasteiger partial charge in [-0.3, -0.25) is 33.7 Å².